The summed E-state index contributed by atoms with van der Waals surface area (Å²) in [4.78, 5) is 26.1. The smallest absolute Gasteiger partial charge is 0.348 e. The third-order valence-electron chi connectivity index (χ3n) is 4.95. The summed E-state index contributed by atoms with van der Waals surface area (Å²) in [6.07, 6.45) is 4.43. The Bertz CT molecular complexity index is 797. The van der Waals surface area contributed by atoms with Crippen LogP contribution in [0.25, 0.3) is 0 Å². The van der Waals surface area contributed by atoms with Gasteiger partial charge in [-0.1, -0.05) is 25.5 Å². The zero-order valence-corrected chi connectivity index (χ0v) is 16.6. The topological polar surface area (TPSA) is 64.6 Å². The number of benzene rings is 1. The fourth-order valence-corrected chi connectivity index (χ4v) is 4.35. The number of hydrogen-bond acceptors (Lipinski definition) is 5. The Morgan fingerprint density at radius 2 is 2.04 bits per heavy atom. The maximum absolute atomic E-state index is 12.3. The van der Waals surface area contributed by atoms with Crippen LogP contribution in [0.1, 0.15) is 45.4 Å². The molecule has 1 unspecified atom stereocenters. The summed E-state index contributed by atoms with van der Waals surface area (Å²) in [5, 5.41) is 2.75. The molecule has 0 radical (unpaired) electrons. The maximum atomic E-state index is 12.3. The molecule has 1 heterocycles. The van der Waals surface area contributed by atoms with Gasteiger partial charge in [-0.3, -0.25) is 4.79 Å². The zero-order valence-electron chi connectivity index (χ0n) is 15.7. The Hall–Kier alpha value is -2.34. The minimum atomic E-state index is -0.415. The Morgan fingerprint density at radius 1 is 1.26 bits per heavy atom. The van der Waals surface area contributed by atoms with Crippen molar-refractivity contribution in [1.82, 2.24) is 5.32 Å². The molecule has 1 aliphatic rings. The van der Waals surface area contributed by atoms with E-state index in [-0.39, 0.29) is 12.5 Å². The summed E-state index contributed by atoms with van der Waals surface area (Å²) in [6.45, 7) is 2.32. The van der Waals surface area contributed by atoms with Crippen LogP contribution in [0.15, 0.2) is 30.3 Å². The number of methoxy groups -OCH3 is 1. The lowest BCUT2D eigenvalue weighted by atomic mass is 9.87. The van der Waals surface area contributed by atoms with E-state index in [1.807, 2.05) is 30.3 Å². The van der Waals surface area contributed by atoms with Crippen molar-refractivity contribution in [3.05, 3.63) is 51.2 Å². The van der Waals surface area contributed by atoms with E-state index >= 15 is 0 Å². The first-order chi connectivity index (χ1) is 13.1. The van der Waals surface area contributed by atoms with Gasteiger partial charge in [-0.05, 0) is 54.5 Å². The normalized spacial score (nSPS) is 15.7. The number of hydrogen-bond donors (Lipinski definition) is 1. The van der Waals surface area contributed by atoms with Crippen LogP contribution in [0.2, 0.25) is 0 Å². The lowest BCUT2D eigenvalue weighted by Crippen LogP contribution is -2.28. The van der Waals surface area contributed by atoms with Gasteiger partial charge < -0.3 is 14.8 Å². The second-order valence-electron chi connectivity index (χ2n) is 6.78. The number of nitrogens with one attached hydrogen (secondary N) is 1. The van der Waals surface area contributed by atoms with E-state index in [1.165, 1.54) is 34.6 Å². The minimum absolute atomic E-state index is 0.269. The average molecular weight is 388 g/mol. The Balaban J connectivity index is 1.46. The molecular weight excluding hydrogens is 362 g/mol. The van der Waals surface area contributed by atoms with Crippen molar-refractivity contribution < 1.29 is 19.1 Å². The fourth-order valence-electron chi connectivity index (χ4n) is 3.25. The number of ether oxygens (including phenoxy) is 2. The molecule has 0 bridgehead atoms. The van der Waals surface area contributed by atoms with Gasteiger partial charge >= 0.3 is 5.97 Å². The molecule has 1 N–H and O–H groups in total. The lowest BCUT2D eigenvalue weighted by Gasteiger charge is -2.19. The molecule has 0 spiro atoms. The Morgan fingerprint density at radius 3 is 2.74 bits per heavy atom. The monoisotopic (exact) mass is 387 g/mol. The van der Waals surface area contributed by atoms with Crippen LogP contribution >= 0.6 is 11.3 Å². The molecular formula is C21H25NO4S. The Kier molecular flexibility index (Phi) is 6.50. The van der Waals surface area contributed by atoms with Gasteiger partial charge in [-0.2, -0.15) is 0 Å². The van der Waals surface area contributed by atoms with E-state index in [0.717, 1.165) is 24.2 Å². The predicted molar refractivity (Wildman–Crippen MR) is 105 cm³/mol. The van der Waals surface area contributed by atoms with Crippen LogP contribution in [0.5, 0.6) is 5.75 Å². The molecule has 1 aliphatic carbocycles. The van der Waals surface area contributed by atoms with Crippen LogP contribution in [0.3, 0.4) is 0 Å². The van der Waals surface area contributed by atoms with Gasteiger partial charge in [-0.25, -0.2) is 4.79 Å². The SMILES string of the molecule is CCC1CCc2sc(C(=O)OCC(=O)NCc3ccc(OC)cc3)cc2C1. The number of fused-ring (bicyclic) bond motifs is 1. The van der Waals surface area contributed by atoms with Crippen LogP contribution in [0.4, 0.5) is 0 Å². The van der Waals surface area contributed by atoms with Gasteiger partial charge in [-0.15, -0.1) is 11.3 Å². The second-order valence-corrected chi connectivity index (χ2v) is 7.91. The highest BCUT2D eigenvalue weighted by Gasteiger charge is 2.22. The standard InChI is InChI=1S/C21H25NO4S/c1-3-14-6-9-18-16(10-14)11-19(27-18)21(24)26-13-20(23)22-12-15-4-7-17(25-2)8-5-15/h4-5,7-8,11,14H,3,6,9-10,12-13H2,1-2H3,(H,22,23). The van der Waals surface area contributed by atoms with Gasteiger partial charge in [0.2, 0.25) is 0 Å². The van der Waals surface area contributed by atoms with Gasteiger partial charge in [0.05, 0.1) is 7.11 Å². The Labute approximate surface area is 163 Å². The molecule has 0 fully saturated rings. The molecule has 144 valence electrons. The van der Waals surface area contributed by atoms with E-state index in [2.05, 4.69) is 12.2 Å². The van der Waals surface area contributed by atoms with Gasteiger partial charge in [0.1, 0.15) is 10.6 Å². The molecule has 6 heteroatoms. The predicted octanol–water partition coefficient (Wildman–Crippen LogP) is 3.74. The highest BCUT2D eigenvalue weighted by molar-refractivity contribution is 7.14. The highest BCUT2D eigenvalue weighted by Crippen LogP contribution is 2.33. The molecule has 3 rings (SSSR count). The number of thiophene rings is 1. The summed E-state index contributed by atoms with van der Waals surface area (Å²) in [6, 6.07) is 9.38. The van der Waals surface area contributed by atoms with Crippen LogP contribution < -0.4 is 10.1 Å². The van der Waals surface area contributed by atoms with Crippen LogP contribution in [0, 0.1) is 5.92 Å². The van der Waals surface area contributed by atoms with E-state index < -0.39 is 5.97 Å². The number of aryl methyl sites for hydroxylation is 1. The number of carbonyl (C=O) groups is 2. The first-order valence-electron chi connectivity index (χ1n) is 9.27. The van der Waals surface area contributed by atoms with Crippen molar-refractivity contribution in [2.24, 2.45) is 5.92 Å². The third-order valence-corrected chi connectivity index (χ3v) is 6.16. The highest BCUT2D eigenvalue weighted by atomic mass is 32.1. The van der Waals surface area contributed by atoms with E-state index in [1.54, 1.807) is 7.11 Å². The molecule has 1 atom stereocenters. The van der Waals surface area contributed by atoms with Crippen molar-refractivity contribution >= 4 is 23.2 Å². The van der Waals surface area contributed by atoms with Crippen LogP contribution in [-0.4, -0.2) is 25.6 Å². The summed E-state index contributed by atoms with van der Waals surface area (Å²) >= 11 is 1.50. The summed E-state index contributed by atoms with van der Waals surface area (Å²) in [5.74, 6) is 0.746. The van der Waals surface area contributed by atoms with Gasteiger partial charge in [0, 0.05) is 11.4 Å². The zero-order chi connectivity index (χ0) is 19.2. The molecule has 2 aromatic rings. The number of carbonyl (C=O) groups excluding carboxylic acids is 2. The first-order valence-corrected chi connectivity index (χ1v) is 10.1. The van der Waals surface area contributed by atoms with Crippen molar-refractivity contribution in [3.63, 3.8) is 0 Å². The molecule has 0 saturated carbocycles. The largest absolute Gasteiger partial charge is 0.497 e. The number of rotatable bonds is 7. The summed E-state index contributed by atoms with van der Waals surface area (Å²) < 4.78 is 10.3. The molecule has 5 nitrogen and oxygen atoms in total. The average Bonchev–Trinajstić information content (AvgIpc) is 3.14. The van der Waals surface area contributed by atoms with Gasteiger partial charge in [0.15, 0.2) is 6.61 Å². The minimum Gasteiger partial charge on any atom is -0.497 e. The second kappa shape index (κ2) is 9.04. The molecule has 0 saturated heterocycles. The van der Waals surface area contributed by atoms with Gasteiger partial charge in [0.25, 0.3) is 5.91 Å². The van der Waals surface area contributed by atoms with Crippen molar-refractivity contribution in [2.75, 3.05) is 13.7 Å². The lowest BCUT2D eigenvalue weighted by molar-refractivity contribution is -0.124. The number of esters is 1. The molecule has 27 heavy (non-hydrogen) atoms. The molecule has 1 amide bonds. The maximum Gasteiger partial charge on any atom is 0.348 e. The first kappa shape index (κ1) is 19.4. The fraction of sp³-hybridized carbons (Fsp3) is 0.429. The molecule has 1 aromatic heterocycles. The quantitative estimate of drug-likeness (QED) is 0.735. The van der Waals surface area contributed by atoms with Crippen molar-refractivity contribution in [1.29, 1.82) is 0 Å². The van der Waals surface area contributed by atoms with E-state index in [9.17, 15) is 9.59 Å². The van der Waals surface area contributed by atoms with Crippen LogP contribution in [-0.2, 0) is 28.9 Å². The molecule has 0 aliphatic heterocycles. The third kappa shape index (κ3) is 5.10. The van der Waals surface area contributed by atoms with Crippen molar-refractivity contribution in [3.8, 4) is 5.75 Å². The van der Waals surface area contributed by atoms with E-state index in [0.29, 0.717) is 17.3 Å². The summed E-state index contributed by atoms with van der Waals surface area (Å²) in [5.41, 5.74) is 2.22. The molecule has 1 aromatic carbocycles. The summed E-state index contributed by atoms with van der Waals surface area (Å²) in [7, 11) is 1.61. The number of amides is 1. The van der Waals surface area contributed by atoms with Crippen molar-refractivity contribution in [2.45, 2.75) is 39.2 Å². The van der Waals surface area contributed by atoms with E-state index in [4.69, 9.17) is 9.47 Å².